The summed E-state index contributed by atoms with van der Waals surface area (Å²) in [5.74, 6) is 0. The Labute approximate surface area is 96.4 Å². The number of aryl methyl sites for hydroxylation is 1. The van der Waals surface area contributed by atoms with E-state index in [0.717, 1.165) is 0 Å². The van der Waals surface area contributed by atoms with Gasteiger partial charge in [-0.3, -0.25) is 0 Å². The highest BCUT2D eigenvalue weighted by Crippen LogP contribution is 1.92. The van der Waals surface area contributed by atoms with Gasteiger partial charge in [-0.2, -0.15) is 0 Å². The van der Waals surface area contributed by atoms with Gasteiger partial charge in [-0.15, -0.1) is 13.2 Å². The summed E-state index contributed by atoms with van der Waals surface area (Å²) in [6.07, 6.45) is 3.50. The van der Waals surface area contributed by atoms with Crippen molar-refractivity contribution in [2.24, 2.45) is 0 Å². The lowest BCUT2D eigenvalue weighted by Crippen LogP contribution is -1.62. The fraction of sp³-hybridized carbons (Fsp3) is 0.333. The minimum Gasteiger partial charge on any atom is -0.103 e. The van der Waals surface area contributed by atoms with Crippen LogP contribution in [0.5, 0.6) is 0 Å². The average molecular weight is 206 g/mol. The van der Waals surface area contributed by atoms with Gasteiger partial charge >= 0.3 is 0 Å². The minimum absolute atomic E-state index is 1.32. The van der Waals surface area contributed by atoms with Crippen LogP contribution in [0.3, 0.4) is 0 Å². The molecule has 0 spiro atoms. The second-order valence-corrected chi connectivity index (χ2v) is 2.47. The summed E-state index contributed by atoms with van der Waals surface area (Å²) < 4.78 is 0. The maximum Gasteiger partial charge on any atom is -0.0398 e. The Balaban J connectivity index is -0.000000154. The lowest BCUT2D eigenvalue weighted by atomic mass is 10.2. The molecule has 0 aromatic heterocycles. The molecule has 0 N–H and O–H groups in total. The summed E-state index contributed by atoms with van der Waals surface area (Å²) in [6, 6.07) is 10.3. The third kappa shape index (κ3) is 32.4. The van der Waals surface area contributed by atoms with Crippen molar-refractivity contribution < 1.29 is 0 Å². The Morgan fingerprint density at radius 2 is 1.13 bits per heavy atom. The molecular formula is C15H26. The summed E-state index contributed by atoms with van der Waals surface area (Å²) in [6.45, 7) is 16.6. The van der Waals surface area contributed by atoms with Crippen LogP contribution in [0.2, 0.25) is 0 Å². The number of allylic oxidation sites excluding steroid dienone is 2. The van der Waals surface area contributed by atoms with Gasteiger partial charge in [-0.1, -0.05) is 61.9 Å². The zero-order valence-corrected chi connectivity index (χ0v) is 11.0. The van der Waals surface area contributed by atoms with Crippen LogP contribution in [-0.4, -0.2) is 0 Å². The summed E-state index contributed by atoms with van der Waals surface area (Å²) in [5.41, 5.74) is 1.32. The average Bonchev–Trinajstić information content (AvgIpc) is 2.24. The lowest BCUT2D eigenvalue weighted by molar-refractivity contribution is 1.48. The predicted molar refractivity (Wildman–Crippen MR) is 74.3 cm³/mol. The van der Waals surface area contributed by atoms with Gasteiger partial charge in [0, 0.05) is 0 Å². The molecule has 0 nitrogen and oxygen atoms in total. The molecule has 0 heterocycles. The molecule has 0 fully saturated rings. The molecule has 0 aliphatic heterocycles. The first kappa shape index (κ1) is 19.3. The van der Waals surface area contributed by atoms with Crippen molar-refractivity contribution in [3.63, 3.8) is 0 Å². The summed E-state index contributed by atoms with van der Waals surface area (Å²) in [5, 5.41) is 0. The highest BCUT2D eigenvalue weighted by Gasteiger charge is 1.72. The molecule has 1 aromatic rings. The van der Waals surface area contributed by atoms with E-state index >= 15 is 0 Å². The minimum atomic E-state index is 1.32. The zero-order valence-electron chi connectivity index (χ0n) is 11.0. The van der Waals surface area contributed by atoms with E-state index in [4.69, 9.17) is 0 Å². The molecule has 0 radical (unpaired) electrons. The van der Waals surface area contributed by atoms with E-state index in [0.29, 0.717) is 0 Å². The Kier molecular flexibility index (Phi) is 29.6. The second-order valence-electron chi connectivity index (χ2n) is 2.47. The van der Waals surface area contributed by atoms with Gasteiger partial charge in [-0.25, -0.2) is 0 Å². The van der Waals surface area contributed by atoms with E-state index in [-0.39, 0.29) is 0 Å². The Morgan fingerprint density at radius 3 is 1.27 bits per heavy atom. The number of rotatable bonds is 0. The molecule has 0 saturated carbocycles. The van der Waals surface area contributed by atoms with Crippen LogP contribution in [0.25, 0.3) is 0 Å². The first-order valence-corrected chi connectivity index (χ1v) is 5.38. The van der Waals surface area contributed by atoms with Crippen LogP contribution in [0.1, 0.15) is 33.3 Å². The third-order valence-electron chi connectivity index (χ3n) is 0.940. The molecule has 0 saturated heterocycles. The SMILES string of the molecule is C=CC.C=CC.CC.Cc1ccccc1. The number of hydrogen-bond acceptors (Lipinski definition) is 0. The van der Waals surface area contributed by atoms with Crippen molar-refractivity contribution in [3.05, 3.63) is 61.2 Å². The molecule has 0 amide bonds. The van der Waals surface area contributed by atoms with Crippen molar-refractivity contribution in [2.75, 3.05) is 0 Å². The first-order valence-electron chi connectivity index (χ1n) is 5.38. The monoisotopic (exact) mass is 206 g/mol. The molecular weight excluding hydrogens is 180 g/mol. The van der Waals surface area contributed by atoms with Crippen LogP contribution in [0.15, 0.2) is 55.6 Å². The van der Waals surface area contributed by atoms with E-state index in [1.54, 1.807) is 12.2 Å². The molecule has 1 aromatic carbocycles. The molecule has 0 atom stereocenters. The van der Waals surface area contributed by atoms with Crippen LogP contribution >= 0.6 is 0 Å². The molecule has 0 aliphatic rings. The molecule has 15 heavy (non-hydrogen) atoms. The molecule has 0 bridgehead atoms. The Bertz CT molecular complexity index is 191. The Hall–Kier alpha value is -1.30. The third-order valence-corrected chi connectivity index (χ3v) is 0.940. The summed E-state index contributed by atoms with van der Waals surface area (Å²) >= 11 is 0. The fourth-order valence-electron chi connectivity index (χ4n) is 0.534. The topological polar surface area (TPSA) is 0 Å². The van der Waals surface area contributed by atoms with E-state index in [1.807, 2.05) is 45.9 Å². The fourth-order valence-corrected chi connectivity index (χ4v) is 0.534. The van der Waals surface area contributed by atoms with Gasteiger partial charge in [0.1, 0.15) is 0 Å². The number of hydrogen-bond donors (Lipinski definition) is 0. The van der Waals surface area contributed by atoms with Crippen LogP contribution in [-0.2, 0) is 0 Å². The van der Waals surface area contributed by atoms with Gasteiger partial charge in [-0.05, 0) is 20.8 Å². The van der Waals surface area contributed by atoms with E-state index in [9.17, 15) is 0 Å². The van der Waals surface area contributed by atoms with E-state index < -0.39 is 0 Å². The molecule has 0 unspecified atom stereocenters. The molecule has 86 valence electrons. The molecule has 1 rings (SSSR count). The quantitative estimate of drug-likeness (QED) is 0.498. The summed E-state index contributed by atoms with van der Waals surface area (Å²) in [7, 11) is 0. The highest BCUT2D eigenvalue weighted by molar-refractivity contribution is 5.11. The van der Waals surface area contributed by atoms with Gasteiger partial charge < -0.3 is 0 Å². The molecule has 0 heteroatoms. The zero-order chi connectivity index (χ0) is 12.5. The van der Waals surface area contributed by atoms with Crippen molar-refractivity contribution in [1.82, 2.24) is 0 Å². The predicted octanol–water partition coefficient (Wildman–Crippen LogP) is 5.41. The normalized spacial score (nSPS) is 6.20. The largest absolute Gasteiger partial charge is 0.103 e. The standard InChI is InChI=1S/C7H8.2C3H6.C2H6/c1-7-5-3-2-4-6-7;2*1-3-2;1-2/h2-6H,1H3;2*3H,1H2,2H3;1-2H3. The van der Waals surface area contributed by atoms with Crippen molar-refractivity contribution in [2.45, 2.75) is 34.6 Å². The first-order chi connectivity index (χ1) is 7.22. The second kappa shape index (κ2) is 23.0. The summed E-state index contributed by atoms with van der Waals surface area (Å²) in [4.78, 5) is 0. The van der Waals surface area contributed by atoms with Gasteiger partial charge in [0.25, 0.3) is 0 Å². The van der Waals surface area contributed by atoms with Crippen molar-refractivity contribution in [1.29, 1.82) is 0 Å². The lowest BCUT2D eigenvalue weighted by Gasteiger charge is -1.82. The van der Waals surface area contributed by atoms with E-state index in [1.165, 1.54) is 5.56 Å². The van der Waals surface area contributed by atoms with E-state index in [2.05, 4.69) is 32.2 Å². The van der Waals surface area contributed by atoms with Crippen LogP contribution in [0.4, 0.5) is 0 Å². The van der Waals surface area contributed by atoms with Gasteiger partial charge in [0.05, 0.1) is 0 Å². The van der Waals surface area contributed by atoms with Crippen LogP contribution in [0, 0.1) is 6.92 Å². The van der Waals surface area contributed by atoms with Crippen molar-refractivity contribution in [3.8, 4) is 0 Å². The maximum absolute atomic E-state index is 3.36. The van der Waals surface area contributed by atoms with Gasteiger partial charge in [0.15, 0.2) is 0 Å². The van der Waals surface area contributed by atoms with Gasteiger partial charge in [0.2, 0.25) is 0 Å². The highest BCUT2D eigenvalue weighted by atomic mass is 13.8. The van der Waals surface area contributed by atoms with Crippen LogP contribution < -0.4 is 0 Å². The molecule has 0 aliphatic carbocycles. The number of benzene rings is 1. The smallest absolute Gasteiger partial charge is 0.0398 e. The maximum atomic E-state index is 3.36. The Morgan fingerprint density at radius 1 is 0.867 bits per heavy atom. The van der Waals surface area contributed by atoms with Crippen molar-refractivity contribution >= 4 is 0 Å².